The number of carbonyl (C=O) groups excluding carboxylic acids is 2. The molecular formula is C20H34O5. The third kappa shape index (κ3) is 10.1. The van der Waals surface area contributed by atoms with Gasteiger partial charge in [0.2, 0.25) is 0 Å². The highest BCUT2D eigenvalue weighted by atomic mass is 16.5. The van der Waals surface area contributed by atoms with Crippen LogP contribution in [-0.2, 0) is 23.8 Å². The first-order valence-corrected chi connectivity index (χ1v) is 8.90. The van der Waals surface area contributed by atoms with Crippen LogP contribution in [0.5, 0.6) is 0 Å². The zero-order valence-corrected chi connectivity index (χ0v) is 16.3. The second-order valence-electron chi connectivity index (χ2n) is 7.24. The van der Waals surface area contributed by atoms with Gasteiger partial charge < -0.3 is 14.2 Å². The molecule has 0 fully saturated rings. The number of hydrogen-bond acceptors (Lipinski definition) is 5. The summed E-state index contributed by atoms with van der Waals surface area (Å²) in [5.41, 5.74) is -0.511. The SMILES string of the molecule is C=CC(=O)OCC(C)(C)COCC(CC)(CCCC)COC(=O)C=C. The van der Waals surface area contributed by atoms with Crippen molar-refractivity contribution in [3.8, 4) is 0 Å². The Morgan fingerprint density at radius 1 is 0.920 bits per heavy atom. The zero-order valence-electron chi connectivity index (χ0n) is 16.3. The van der Waals surface area contributed by atoms with Crippen molar-refractivity contribution < 1.29 is 23.8 Å². The third-order valence-corrected chi connectivity index (χ3v) is 4.17. The second-order valence-corrected chi connectivity index (χ2v) is 7.24. The number of ether oxygens (including phenoxy) is 3. The fourth-order valence-electron chi connectivity index (χ4n) is 2.31. The Bertz CT molecular complexity index is 441. The van der Waals surface area contributed by atoms with E-state index in [1.807, 2.05) is 13.8 Å². The van der Waals surface area contributed by atoms with E-state index in [1.54, 1.807) is 0 Å². The minimum Gasteiger partial charge on any atom is -0.462 e. The Morgan fingerprint density at radius 2 is 1.48 bits per heavy atom. The maximum atomic E-state index is 11.4. The number of hydrogen-bond donors (Lipinski definition) is 0. The molecule has 0 aliphatic heterocycles. The van der Waals surface area contributed by atoms with E-state index in [9.17, 15) is 9.59 Å². The molecule has 0 aromatic rings. The summed E-state index contributed by atoms with van der Waals surface area (Å²) in [6.07, 6.45) is 6.22. The van der Waals surface area contributed by atoms with Gasteiger partial charge in [0.25, 0.3) is 0 Å². The molecule has 0 radical (unpaired) electrons. The third-order valence-electron chi connectivity index (χ3n) is 4.17. The van der Waals surface area contributed by atoms with E-state index in [1.165, 1.54) is 6.08 Å². The topological polar surface area (TPSA) is 61.8 Å². The van der Waals surface area contributed by atoms with Gasteiger partial charge in [0.05, 0.1) is 26.4 Å². The average Bonchev–Trinajstić information content (AvgIpc) is 2.61. The molecule has 0 spiro atoms. The molecule has 0 N–H and O–H groups in total. The van der Waals surface area contributed by atoms with Crippen LogP contribution in [0.15, 0.2) is 25.3 Å². The number of rotatable bonds is 14. The highest BCUT2D eigenvalue weighted by Gasteiger charge is 2.31. The number of carbonyl (C=O) groups is 2. The van der Waals surface area contributed by atoms with E-state index >= 15 is 0 Å². The van der Waals surface area contributed by atoms with Crippen molar-refractivity contribution in [2.24, 2.45) is 10.8 Å². The molecule has 1 unspecified atom stereocenters. The van der Waals surface area contributed by atoms with E-state index in [-0.39, 0.29) is 17.4 Å². The van der Waals surface area contributed by atoms with Gasteiger partial charge in [-0.3, -0.25) is 0 Å². The van der Waals surface area contributed by atoms with Crippen molar-refractivity contribution in [3.05, 3.63) is 25.3 Å². The summed E-state index contributed by atoms with van der Waals surface area (Å²) in [6, 6.07) is 0. The first kappa shape index (κ1) is 23.4. The molecule has 0 saturated heterocycles. The summed E-state index contributed by atoms with van der Waals surface area (Å²) in [4.78, 5) is 22.6. The van der Waals surface area contributed by atoms with Gasteiger partial charge in [-0.05, 0) is 12.8 Å². The quantitative estimate of drug-likeness (QED) is 0.347. The fourth-order valence-corrected chi connectivity index (χ4v) is 2.31. The van der Waals surface area contributed by atoms with Crippen LogP contribution < -0.4 is 0 Å². The first-order valence-electron chi connectivity index (χ1n) is 8.90. The Morgan fingerprint density at radius 3 is 1.96 bits per heavy atom. The molecule has 0 rings (SSSR count). The standard InChI is InChI=1S/C20H34O5/c1-7-11-12-20(10-4,16-25-18(22)9-3)15-23-13-19(5,6)14-24-17(21)8-2/h8-9H,2-3,7,10-16H2,1,4-6H3. The molecule has 144 valence electrons. The monoisotopic (exact) mass is 354 g/mol. The van der Waals surface area contributed by atoms with Crippen LogP contribution in [0.1, 0.15) is 53.4 Å². The summed E-state index contributed by atoms with van der Waals surface area (Å²) < 4.78 is 16.4. The van der Waals surface area contributed by atoms with Crippen LogP contribution in [0.4, 0.5) is 0 Å². The average molecular weight is 354 g/mol. The predicted octanol–water partition coefficient (Wildman–Crippen LogP) is 4.07. The molecule has 1 atom stereocenters. The Hall–Kier alpha value is -1.62. The van der Waals surface area contributed by atoms with Crippen molar-refractivity contribution in [3.63, 3.8) is 0 Å². The van der Waals surface area contributed by atoms with Crippen LogP contribution in [-0.4, -0.2) is 38.4 Å². The van der Waals surface area contributed by atoms with Gasteiger partial charge in [-0.15, -0.1) is 0 Å². The number of unbranched alkanes of at least 4 members (excludes halogenated alkanes) is 1. The highest BCUT2D eigenvalue weighted by molar-refractivity contribution is 5.81. The molecule has 0 aliphatic rings. The number of esters is 2. The summed E-state index contributed by atoms with van der Waals surface area (Å²) in [6.45, 7) is 16.5. The van der Waals surface area contributed by atoms with Crippen LogP contribution in [0.2, 0.25) is 0 Å². The lowest BCUT2D eigenvalue weighted by Gasteiger charge is -2.33. The van der Waals surface area contributed by atoms with Crippen LogP contribution in [0.3, 0.4) is 0 Å². The van der Waals surface area contributed by atoms with Crippen LogP contribution >= 0.6 is 0 Å². The van der Waals surface area contributed by atoms with E-state index < -0.39 is 11.9 Å². The maximum Gasteiger partial charge on any atom is 0.330 e. The van der Waals surface area contributed by atoms with E-state index in [0.29, 0.717) is 19.8 Å². The minimum absolute atomic E-state index is 0.206. The smallest absolute Gasteiger partial charge is 0.330 e. The minimum atomic E-state index is -0.435. The van der Waals surface area contributed by atoms with Crippen molar-refractivity contribution in [2.45, 2.75) is 53.4 Å². The molecule has 0 heterocycles. The van der Waals surface area contributed by atoms with E-state index in [4.69, 9.17) is 14.2 Å². The molecule has 0 saturated carbocycles. The molecule has 0 amide bonds. The van der Waals surface area contributed by atoms with Crippen molar-refractivity contribution >= 4 is 11.9 Å². The van der Waals surface area contributed by atoms with Gasteiger partial charge in [0, 0.05) is 23.0 Å². The summed E-state index contributed by atoms with van der Waals surface area (Å²) in [5, 5.41) is 0. The van der Waals surface area contributed by atoms with Crippen molar-refractivity contribution in [1.29, 1.82) is 0 Å². The fraction of sp³-hybridized carbons (Fsp3) is 0.700. The predicted molar refractivity (Wildman–Crippen MR) is 99.2 cm³/mol. The Labute approximate surface area is 152 Å². The summed E-state index contributed by atoms with van der Waals surface area (Å²) >= 11 is 0. The first-order chi connectivity index (χ1) is 11.7. The maximum absolute atomic E-state index is 11.4. The lowest BCUT2D eigenvalue weighted by atomic mass is 9.81. The zero-order chi connectivity index (χ0) is 19.3. The molecular weight excluding hydrogens is 320 g/mol. The largest absolute Gasteiger partial charge is 0.462 e. The van der Waals surface area contributed by atoms with E-state index in [0.717, 1.165) is 31.8 Å². The van der Waals surface area contributed by atoms with Crippen molar-refractivity contribution in [1.82, 2.24) is 0 Å². The van der Waals surface area contributed by atoms with Gasteiger partial charge in [-0.1, -0.05) is 53.7 Å². The molecule has 0 aromatic heterocycles. The summed E-state index contributed by atoms with van der Waals surface area (Å²) in [5.74, 6) is -0.846. The molecule has 0 bridgehead atoms. The summed E-state index contributed by atoms with van der Waals surface area (Å²) in [7, 11) is 0. The molecule has 5 nitrogen and oxygen atoms in total. The van der Waals surface area contributed by atoms with Gasteiger partial charge in [-0.2, -0.15) is 0 Å². The molecule has 0 aliphatic carbocycles. The van der Waals surface area contributed by atoms with Gasteiger partial charge in [-0.25, -0.2) is 9.59 Å². The molecule has 25 heavy (non-hydrogen) atoms. The van der Waals surface area contributed by atoms with Gasteiger partial charge >= 0.3 is 11.9 Å². The highest BCUT2D eigenvalue weighted by Crippen LogP contribution is 2.31. The van der Waals surface area contributed by atoms with Gasteiger partial charge in [0.1, 0.15) is 0 Å². The second kappa shape index (κ2) is 11.9. The van der Waals surface area contributed by atoms with E-state index in [2.05, 4.69) is 27.0 Å². The van der Waals surface area contributed by atoms with Crippen LogP contribution in [0.25, 0.3) is 0 Å². The lowest BCUT2D eigenvalue weighted by Crippen LogP contribution is -2.35. The molecule has 5 heteroatoms. The van der Waals surface area contributed by atoms with Gasteiger partial charge in [0.15, 0.2) is 0 Å². The lowest BCUT2D eigenvalue weighted by molar-refractivity contribution is -0.145. The van der Waals surface area contributed by atoms with Crippen LogP contribution in [0, 0.1) is 10.8 Å². The normalized spacial score (nSPS) is 13.6. The van der Waals surface area contributed by atoms with Crippen molar-refractivity contribution in [2.75, 3.05) is 26.4 Å². The molecule has 0 aromatic carbocycles. The Balaban J connectivity index is 4.67. The Kier molecular flexibility index (Phi) is 11.1.